The van der Waals surface area contributed by atoms with Crippen LogP contribution in [0.5, 0.6) is 0 Å². The molecule has 13 nitrogen and oxygen atoms in total. The molecule has 5 atom stereocenters. The molecule has 0 radical (unpaired) electrons. The molecule has 3 rings (SSSR count). The van der Waals surface area contributed by atoms with Crippen LogP contribution in [0.25, 0.3) is 0 Å². The fraction of sp³-hybridized carbons (Fsp3) is 0.719. The Balaban J connectivity index is 1.89. The zero-order chi connectivity index (χ0) is 33.4. The zero-order valence-electron chi connectivity index (χ0n) is 27.1. The predicted octanol–water partition coefficient (Wildman–Crippen LogP) is 0.461. The molecular weight excluding hydrogens is 580 g/mol. The van der Waals surface area contributed by atoms with Crippen molar-refractivity contribution < 1.29 is 33.6 Å². The highest BCUT2D eigenvalue weighted by Crippen LogP contribution is 2.38. The molecule has 2 heterocycles. The molecule has 0 spiro atoms. The van der Waals surface area contributed by atoms with E-state index in [2.05, 4.69) is 21.3 Å². The first-order valence-electron chi connectivity index (χ1n) is 16.2. The smallest absolute Gasteiger partial charge is 0.289 e. The molecule has 0 aromatic rings. The molecule has 1 saturated carbocycles. The molecule has 1 unspecified atom stereocenters. The first-order chi connectivity index (χ1) is 21.2. The number of allylic oxidation sites excluding steroid dienone is 1. The molecule has 0 aromatic carbocycles. The van der Waals surface area contributed by atoms with Gasteiger partial charge in [-0.2, -0.15) is 0 Å². The van der Waals surface area contributed by atoms with Gasteiger partial charge in [0, 0.05) is 31.1 Å². The minimum Gasteiger partial charge on any atom is -0.394 e. The molecular formula is C32H50N6O7. The van der Waals surface area contributed by atoms with E-state index in [9.17, 15) is 33.6 Å². The second kappa shape index (κ2) is 16.0. The van der Waals surface area contributed by atoms with Crippen LogP contribution < -0.4 is 27.0 Å². The summed E-state index contributed by atoms with van der Waals surface area (Å²) in [5.74, 6) is -4.74. The van der Waals surface area contributed by atoms with E-state index in [4.69, 9.17) is 5.73 Å². The molecule has 1 aliphatic carbocycles. The zero-order valence-corrected chi connectivity index (χ0v) is 27.1. The largest absolute Gasteiger partial charge is 0.394 e. The Labute approximate surface area is 265 Å². The van der Waals surface area contributed by atoms with Gasteiger partial charge in [0.1, 0.15) is 17.8 Å². The van der Waals surface area contributed by atoms with Gasteiger partial charge < -0.3 is 31.9 Å². The van der Waals surface area contributed by atoms with Crippen molar-refractivity contribution in [3.8, 4) is 0 Å². The molecule has 6 N–H and O–H groups in total. The quantitative estimate of drug-likeness (QED) is 0.143. The molecule has 3 fully saturated rings. The number of amides is 5. The minimum absolute atomic E-state index is 0.0372. The predicted molar refractivity (Wildman–Crippen MR) is 166 cm³/mol. The van der Waals surface area contributed by atoms with Crippen molar-refractivity contribution in [2.75, 3.05) is 13.1 Å². The van der Waals surface area contributed by atoms with E-state index in [0.717, 1.165) is 38.2 Å². The lowest BCUT2D eigenvalue weighted by atomic mass is 9.79. The number of ketones is 2. The highest BCUT2D eigenvalue weighted by Gasteiger charge is 2.46. The van der Waals surface area contributed by atoms with Crippen LogP contribution in [0.3, 0.4) is 0 Å². The third-order valence-corrected chi connectivity index (χ3v) is 9.04. The summed E-state index contributed by atoms with van der Waals surface area (Å²) < 4.78 is 0. The highest BCUT2D eigenvalue weighted by molar-refractivity contribution is 6.38. The van der Waals surface area contributed by atoms with Crippen LogP contribution in [-0.4, -0.2) is 83.3 Å². The summed E-state index contributed by atoms with van der Waals surface area (Å²) in [6, 6.07) is -3.55. The van der Waals surface area contributed by atoms with Gasteiger partial charge in [-0.1, -0.05) is 46.0 Å². The van der Waals surface area contributed by atoms with Gasteiger partial charge in [-0.25, -0.2) is 0 Å². The topological polar surface area (TPSA) is 197 Å². The number of nitrogens with two attached hydrogens (primary N) is 1. The van der Waals surface area contributed by atoms with E-state index in [1.54, 1.807) is 27.7 Å². The van der Waals surface area contributed by atoms with Gasteiger partial charge in [-0.15, -0.1) is 0 Å². The summed E-state index contributed by atoms with van der Waals surface area (Å²) in [5.41, 5.74) is 5.45. The van der Waals surface area contributed by atoms with Gasteiger partial charge in [0.2, 0.25) is 23.5 Å². The number of hydrogen-bond donors (Lipinski definition) is 5. The van der Waals surface area contributed by atoms with E-state index >= 15 is 0 Å². The van der Waals surface area contributed by atoms with Crippen molar-refractivity contribution in [1.82, 2.24) is 26.2 Å². The third-order valence-electron chi connectivity index (χ3n) is 9.04. The van der Waals surface area contributed by atoms with Crippen LogP contribution in [0.4, 0.5) is 0 Å². The maximum atomic E-state index is 14.1. The summed E-state index contributed by atoms with van der Waals surface area (Å²) in [4.78, 5) is 92.2. The van der Waals surface area contributed by atoms with Gasteiger partial charge >= 0.3 is 0 Å². The maximum absolute atomic E-state index is 14.1. The monoisotopic (exact) mass is 630 g/mol. The molecule has 45 heavy (non-hydrogen) atoms. The van der Waals surface area contributed by atoms with E-state index in [0.29, 0.717) is 31.8 Å². The molecule has 2 aliphatic heterocycles. The average Bonchev–Trinajstić information content (AvgIpc) is 3.60. The van der Waals surface area contributed by atoms with Gasteiger partial charge in [-0.05, 0) is 57.8 Å². The van der Waals surface area contributed by atoms with Gasteiger partial charge in [-0.3, -0.25) is 33.6 Å². The van der Waals surface area contributed by atoms with Gasteiger partial charge in [0.25, 0.3) is 11.8 Å². The van der Waals surface area contributed by atoms with Gasteiger partial charge in [0.15, 0.2) is 5.78 Å². The number of carbonyl (C=O) groups excluding carboxylic acids is 7. The van der Waals surface area contributed by atoms with Crippen LogP contribution in [0.15, 0.2) is 11.8 Å². The molecule has 2 saturated heterocycles. The molecule has 0 bridgehead atoms. The van der Waals surface area contributed by atoms with Crippen molar-refractivity contribution in [3.63, 3.8) is 0 Å². The Kier molecular flexibility index (Phi) is 12.7. The van der Waals surface area contributed by atoms with Crippen LogP contribution in [0.2, 0.25) is 0 Å². The highest BCUT2D eigenvalue weighted by atomic mass is 16.2. The van der Waals surface area contributed by atoms with Crippen molar-refractivity contribution >= 4 is 41.1 Å². The normalized spacial score (nSPS) is 23.8. The number of hydrogen-bond acceptors (Lipinski definition) is 8. The van der Waals surface area contributed by atoms with Crippen LogP contribution in [-0.2, 0) is 33.6 Å². The maximum Gasteiger partial charge on any atom is 0.289 e. The Morgan fingerprint density at radius 2 is 1.60 bits per heavy atom. The number of rotatable bonds is 13. The Morgan fingerprint density at radius 3 is 2.16 bits per heavy atom. The second-order valence-electron chi connectivity index (χ2n) is 13.4. The summed E-state index contributed by atoms with van der Waals surface area (Å²) in [6.45, 7) is 8.94. The van der Waals surface area contributed by atoms with E-state index < -0.39 is 59.2 Å². The van der Waals surface area contributed by atoms with Crippen LogP contribution in [0, 0.1) is 23.7 Å². The standard InChI is InChI=1S/C32H50N6O7/c1-17(2)26(37-29(42)23(33)13-19(5)39)32(45)38-16-22(20-9-7-6-8-10-20)15-25(38)30(43)36-24(14-21-11-12-34-28(21)41)27(40)31(44)35-18(3)4/h13,17-18,20-22,24-26H,6-12,14-16,33H2,1-5H3,(H,34,41)(H,35,44)(H,36,43)(H,37,42)/b23-13-/t21-,22+,24-,25?,26-/m0/s1. The summed E-state index contributed by atoms with van der Waals surface area (Å²) in [7, 11) is 0. The Hall–Kier alpha value is -3.77. The van der Waals surface area contributed by atoms with E-state index in [1.165, 1.54) is 11.8 Å². The molecule has 3 aliphatic rings. The molecule has 250 valence electrons. The SMILES string of the molecule is CC(=O)/C=C(\N)C(=O)N[C@H](C(=O)N1C[C@H](C2CCCCC2)CC1C(=O)N[C@@H](C[C@@H]1CCNC1=O)C(=O)C(=O)NC(C)C)C(C)C. The lowest BCUT2D eigenvalue weighted by Crippen LogP contribution is -2.58. The second-order valence-corrected chi connectivity index (χ2v) is 13.4. The van der Waals surface area contributed by atoms with E-state index in [-0.39, 0.29) is 35.9 Å². The van der Waals surface area contributed by atoms with Crippen molar-refractivity contribution in [2.45, 2.75) is 110 Å². The number of carbonyl (C=O) groups is 7. The van der Waals surface area contributed by atoms with Crippen molar-refractivity contribution in [1.29, 1.82) is 0 Å². The number of nitrogens with one attached hydrogen (secondary N) is 4. The number of nitrogens with zero attached hydrogens (tertiary/aromatic N) is 1. The Bertz CT molecular complexity index is 1190. The summed E-state index contributed by atoms with van der Waals surface area (Å²) in [5, 5.41) is 10.7. The van der Waals surface area contributed by atoms with Crippen LogP contribution in [0.1, 0.15) is 86.0 Å². The molecule has 0 aromatic heterocycles. The average molecular weight is 631 g/mol. The lowest BCUT2D eigenvalue weighted by Gasteiger charge is -2.32. The first kappa shape index (κ1) is 35.7. The molecule has 5 amide bonds. The fourth-order valence-corrected chi connectivity index (χ4v) is 6.65. The fourth-order valence-electron chi connectivity index (χ4n) is 6.65. The summed E-state index contributed by atoms with van der Waals surface area (Å²) in [6.07, 6.45) is 7.06. The van der Waals surface area contributed by atoms with Crippen LogP contribution >= 0.6 is 0 Å². The van der Waals surface area contributed by atoms with E-state index in [1.807, 2.05) is 0 Å². The Morgan fingerprint density at radius 1 is 0.933 bits per heavy atom. The number of likely N-dealkylation sites (tertiary alicyclic amines) is 1. The molecule has 13 heteroatoms. The minimum atomic E-state index is -1.26. The van der Waals surface area contributed by atoms with Crippen molar-refractivity contribution in [2.24, 2.45) is 29.4 Å². The number of Topliss-reactive ketones (excluding diaryl/α,β-unsaturated/α-hetero) is 1. The lowest BCUT2D eigenvalue weighted by molar-refractivity contribution is -0.144. The van der Waals surface area contributed by atoms with Crippen molar-refractivity contribution in [3.05, 3.63) is 11.8 Å². The summed E-state index contributed by atoms with van der Waals surface area (Å²) >= 11 is 0. The van der Waals surface area contributed by atoms with Gasteiger partial charge in [0.05, 0.1) is 6.04 Å². The third kappa shape index (κ3) is 9.61. The first-order valence-corrected chi connectivity index (χ1v) is 16.2.